The second kappa shape index (κ2) is 8.82. The first-order valence-corrected chi connectivity index (χ1v) is 9.42. The smallest absolute Gasteiger partial charge is 0.340 e. The number of anilines is 1. The highest BCUT2D eigenvalue weighted by atomic mass is 32.1. The molecule has 0 aliphatic heterocycles. The van der Waals surface area contributed by atoms with E-state index in [9.17, 15) is 24.5 Å². The van der Waals surface area contributed by atoms with Gasteiger partial charge in [0.05, 0.1) is 21.9 Å². The SMILES string of the molecule is CC(C)(C)C(=O)NCc1ccc(C(=O)COC(=O)c2cc([N+](=O)[O-])ccc2N)s1. The predicted molar refractivity (Wildman–Crippen MR) is 108 cm³/mol. The summed E-state index contributed by atoms with van der Waals surface area (Å²) in [5.41, 5.74) is 4.67. The molecular formula is C19H21N3O6S. The zero-order valence-corrected chi connectivity index (χ0v) is 17.0. The number of amides is 1. The van der Waals surface area contributed by atoms with Crippen molar-refractivity contribution in [3.8, 4) is 0 Å². The second-order valence-electron chi connectivity index (χ2n) is 7.23. The van der Waals surface area contributed by atoms with Crippen LogP contribution in [-0.2, 0) is 16.1 Å². The number of nitro groups is 1. The maximum Gasteiger partial charge on any atom is 0.340 e. The quantitative estimate of drug-likeness (QED) is 0.231. The van der Waals surface area contributed by atoms with E-state index in [2.05, 4.69) is 5.32 Å². The normalized spacial score (nSPS) is 11.0. The van der Waals surface area contributed by atoms with E-state index in [1.54, 1.807) is 32.9 Å². The average molecular weight is 419 g/mol. The molecule has 0 aliphatic carbocycles. The molecule has 0 fully saturated rings. The number of hydrogen-bond donors (Lipinski definition) is 2. The van der Waals surface area contributed by atoms with Crippen LogP contribution in [0.5, 0.6) is 0 Å². The molecule has 29 heavy (non-hydrogen) atoms. The molecule has 1 heterocycles. The standard InChI is InChI=1S/C19H21N3O6S/c1-19(2,3)18(25)21-9-12-5-7-16(29-12)15(23)10-28-17(24)13-8-11(22(26)27)4-6-14(13)20/h4-8H,9-10,20H2,1-3H3,(H,21,25). The highest BCUT2D eigenvalue weighted by Gasteiger charge is 2.21. The Balaban J connectivity index is 1.95. The van der Waals surface area contributed by atoms with Crippen molar-refractivity contribution in [3.05, 3.63) is 55.8 Å². The second-order valence-corrected chi connectivity index (χ2v) is 8.39. The molecule has 2 rings (SSSR count). The molecule has 0 atom stereocenters. The van der Waals surface area contributed by atoms with E-state index in [1.165, 1.54) is 23.5 Å². The van der Waals surface area contributed by atoms with Gasteiger partial charge in [0.15, 0.2) is 6.61 Å². The fourth-order valence-electron chi connectivity index (χ4n) is 2.17. The van der Waals surface area contributed by atoms with Crippen molar-refractivity contribution in [3.63, 3.8) is 0 Å². The van der Waals surface area contributed by atoms with Crippen LogP contribution < -0.4 is 11.1 Å². The van der Waals surface area contributed by atoms with E-state index in [0.717, 1.165) is 10.9 Å². The van der Waals surface area contributed by atoms with Gasteiger partial charge in [-0.3, -0.25) is 19.7 Å². The van der Waals surface area contributed by atoms with Crippen molar-refractivity contribution < 1.29 is 24.0 Å². The van der Waals surface area contributed by atoms with E-state index >= 15 is 0 Å². The lowest BCUT2D eigenvalue weighted by Gasteiger charge is -2.17. The number of nitrogens with zero attached hydrogens (tertiary/aromatic N) is 1. The zero-order chi connectivity index (χ0) is 21.8. The minimum atomic E-state index is -0.922. The topological polar surface area (TPSA) is 142 Å². The number of ether oxygens (including phenoxy) is 1. The first kappa shape index (κ1) is 22.0. The molecule has 1 aromatic carbocycles. The number of nitrogen functional groups attached to an aromatic ring is 1. The Labute approximate surface area is 171 Å². The number of nitrogens with one attached hydrogen (secondary N) is 1. The van der Waals surface area contributed by atoms with E-state index < -0.39 is 28.7 Å². The van der Waals surface area contributed by atoms with Crippen LogP contribution in [0, 0.1) is 15.5 Å². The number of hydrogen-bond acceptors (Lipinski definition) is 8. The predicted octanol–water partition coefficient (Wildman–Crippen LogP) is 2.94. The van der Waals surface area contributed by atoms with Gasteiger partial charge in [-0.15, -0.1) is 11.3 Å². The van der Waals surface area contributed by atoms with E-state index in [1.807, 2.05) is 0 Å². The lowest BCUT2D eigenvalue weighted by atomic mass is 9.96. The van der Waals surface area contributed by atoms with Crippen molar-refractivity contribution in [1.29, 1.82) is 0 Å². The Morgan fingerprint density at radius 1 is 1.21 bits per heavy atom. The van der Waals surface area contributed by atoms with Gasteiger partial charge in [-0.05, 0) is 18.2 Å². The van der Waals surface area contributed by atoms with Crippen LogP contribution in [0.4, 0.5) is 11.4 Å². The van der Waals surface area contributed by atoms with Gasteiger partial charge in [-0.2, -0.15) is 0 Å². The third-order valence-corrected chi connectivity index (χ3v) is 4.97. The number of esters is 1. The van der Waals surface area contributed by atoms with Gasteiger partial charge in [0, 0.05) is 28.1 Å². The number of ketones is 1. The van der Waals surface area contributed by atoms with Crippen molar-refractivity contribution in [1.82, 2.24) is 5.32 Å². The van der Waals surface area contributed by atoms with Gasteiger partial charge in [0.1, 0.15) is 0 Å². The molecule has 0 aliphatic rings. The Hall–Kier alpha value is -3.27. The summed E-state index contributed by atoms with van der Waals surface area (Å²) in [6, 6.07) is 6.70. The first-order chi connectivity index (χ1) is 13.5. The maximum atomic E-state index is 12.3. The summed E-state index contributed by atoms with van der Waals surface area (Å²) < 4.78 is 4.96. The number of non-ortho nitro benzene ring substituents is 1. The van der Waals surface area contributed by atoms with E-state index in [4.69, 9.17) is 10.5 Å². The summed E-state index contributed by atoms with van der Waals surface area (Å²) in [7, 11) is 0. The summed E-state index contributed by atoms with van der Waals surface area (Å²) in [5, 5.41) is 13.6. The van der Waals surface area contributed by atoms with Crippen molar-refractivity contribution >= 4 is 40.4 Å². The third-order valence-electron chi connectivity index (χ3n) is 3.84. The number of nitrogens with two attached hydrogens (primary N) is 1. The van der Waals surface area contributed by atoms with Crippen LogP contribution in [0.2, 0.25) is 0 Å². The summed E-state index contributed by atoms with van der Waals surface area (Å²) in [6.07, 6.45) is 0. The molecule has 0 bridgehead atoms. The molecule has 1 aromatic heterocycles. The van der Waals surface area contributed by atoms with Gasteiger partial charge >= 0.3 is 5.97 Å². The van der Waals surface area contributed by atoms with Crippen LogP contribution in [-0.4, -0.2) is 29.2 Å². The van der Waals surface area contributed by atoms with E-state index in [-0.39, 0.29) is 29.4 Å². The highest BCUT2D eigenvalue weighted by molar-refractivity contribution is 7.14. The maximum absolute atomic E-state index is 12.3. The lowest BCUT2D eigenvalue weighted by Crippen LogP contribution is -2.34. The number of Topliss-reactive ketones (excluding diaryl/α,β-unsaturated/α-hetero) is 1. The Kier molecular flexibility index (Phi) is 6.70. The zero-order valence-electron chi connectivity index (χ0n) is 16.2. The fraction of sp³-hybridized carbons (Fsp3) is 0.316. The Bertz CT molecular complexity index is 961. The summed E-state index contributed by atoms with van der Waals surface area (Å²) in [6.45, 7) is 5.16. The van der Waals surface area contributed by atoms with Crippen molar-refractivity contribution in [2.45, 2.75) is 27.3 Å². The number of benzene rings is 1. The number of carbonyl (C=O) groups is 3. The Morgan fingerprint density at radius 3 is 2.52 bits per heavy atom. The average Bonchev–Trinajstić information content (AvgIpc) is 3.12. The molecule has 0 radical (unpaired) electrons. The summed E-state index contributed by atoms with van der Waals surface area (Å²) in [4.78, 5) is 47.6. The lowest BCUT2D eigenvalue weighted by molar-refractivity contribution is -0.384. The highest BCUT2D eigenvalue weighted by Crippen LogP contribution is 2.22. The van der Waals surface area contributed by atoms with Crippen LogP contribution in [0.3, 0.4) is 0 Å². The minimum Gasteiger partial charge on any atom is -0.454 e. The Morgan fingerprint density at radius 2 is 1.90 bits per heavy atom. The molecule has 1 amide bonds. The number of nitro benzene ring substituents is 1. The molecule has 2 aromatic rings. The number of rotatable bonds is 7. The molecule has 0 saturated carbocycles. The number of carbonyl (C=O) groups excluding carboxylic acids is 3. The molecule has 0 spiro atoms. The van der Waals surface area contributed by atoms with Gasteiger partial charge in [0.2, 0.25) is 11.7 Å². The van der Waals surface area contributed by atoms with Crippen LogP contribution in [0.15, 0.2) is 30.3 Å². The molecular weight excluding hydrogens is 398 g/mol. The monoisotopic (exact) mass is 419 g/mol. The van der Waals surface area contributed by atoms with Crippen LogP contribution in [0.25, 0.3) is 0 Å². The summed E-state index contributed by atoms with van der Waals surface area (Å²) in [5.74, 6) is -1.46. The fourth-order valence-corrected chi connectivity index (χ4v) is 3.04. The van der Waals surface area contributed by atoms with E-state index in [0.29, 0.717) is 4.88 Å². The molecule has 3 N–H and O–H groups in total. The van der Waals surface area contributed by atoms with Gasteiger partial charge in [-0.25, -0.2) is 4.79 Å². The van der Waals surface area contributed by atoms with Gasteiger partial charge in [0.25, 0.3) is 5.69 Å². The molecule has 9 nitrogen and oxygen atoms in total. The molecule has 0 unspecified atom stereocenters. The molecule has 0 saturated heterocycles. The van der Waals surface area contributed by atoms with Gasteiger partial charge < -0.3 is 15.8 Å². The molecule has 10 heteroatoms. The van der Waals surface area contributed by atoms with Crippen molar-refractivity contribution in [2.75, 3.05) is 12.3 Å². The largest absolute Gasteiger partial charge is 0.454 e. The van der Waals surface area contributed by atoms with Crippen LogP contribution >= 0.6 is 11.3 Å². The first-order valence-electron chi connectivity index (χ1n) is 8.60. The van der Waals surface area contributed by atoms with Crippen molar-refractivity contribution in [2.24, 2.45) is 5.41 Å². The van der Waals surface area contributed by atoms with Crippen LogP contribution in [0.1, 0.15) is 45.7 Å². The van der Waals surface area contributed by atoms with Gasteiger partial charge in [-0.1, -0.05) is 20.8 Å². The molecule has 154 valence electrons. The summed E-state index contributed by atoms with van der Waals surface area (Å²) >= 11 is 1.18. The number of thiophene rings is 1. The minimum absolute atomic E-state index is 0.0149. The third kappa shape index (κ3) is 5.85.